The van der Waals surface area contributed by atoms with Crippen LogP contribution in [0.25, 0.3) is 0 Å². The zero-order valence-electron chi connectivity index (χ0n) is 12.3. The van der Waals surface area contributed by atoms with E-state index in [0.29, 0.717) is 5.54 Å². The van der Waals surface area contributed by atoms with Crippen LogP contribution in [-0.2, 0) is 0 Å². The molecule has 5 aliphatic rings. The van der Waals surface area contributed by atoms with Crippen molar-refractivity contribution in [1.82, 2.24) is 10.2 Å². The average molecular weight is 260 g/mol. The van der Waals surface area contributed by atoms with Crippen molar-refractivity contribution in [2.75, 3.05) is 19.6 Å². The third-order valence-corrected chi connectivity index (χ3v) is 7.28. The minimum Gasteiger partial charge on any atom is -0.310 e. The molecule has 0 aromatic carbocycles. The van der Waals surface area contributed by atoms with Gasteiger partial charge in [0, 0.05) is 18.1 Å². The molecule has 0 amide bonds. The van der Waals surface area contributed by atoms with Gasteiger partial charge in [-0.05, 0) is 88.1 Å². The molecule has 0 aromatic heterocycles. The van der Waals surface area contributed by atoms with E-state index < -0.39 is 0 Å². The van der Waals surface area contributed by atoms with Gasteiger partial charge in [-0.25, -0.2) is 0 Å². The van der Waals surface area contributed by atoms with E-state index in [1.807, 2.05) is 0 Å². The van der Waals surface area contributed by atoms with Gasteiger partial charge in [-0.15, -0.1) is 0 Å². The highest BCUT2D eigenvalue weighted by molar-refractivity contribution is 5.18. The Morgan fingerprint density at radius 3 is 2.47 bits per heavy atom. The van der Waals surface area contributed by atoms with Gasteiger partial charge in [-0.2, -0.15) is 0 Å². The van der Waals surface area contributed by atoms with Crippen LogP contribution in [-0.4, -0.2) is 36.1 Å². The molecule has 4 aliphatic carbocycles. The number of nitrogens with zero attached hydrogens (tertiary/aromatic N) is 1. The lowest BCUT2D eigenvalue weighted by atomic mass is 9.94. The molecular formula is C17H28N2. The number of rotatable bonds is 2. The number of hydrogen-bond donors (Lipinski definition) is 1. The molecule has 1 heterocycles. The lowest BCUT2D eigenvalue weighted by molar-refractivity contribution is 0.169. The first-order valence-electron chi connectivity index (χ1n) is 8.75. The monoisotopic (exact) mass is 260 g/mol. The molecule has 2 bridgehead atoms. The van der Waals surface area contributed by atoms with Crippen LogP contribution >= 0.6 is 0 Å². The molecular weight excluding hydrogens is 232 g/mol. The van der Waals surface area contributed by atoms with Crippen LogP contribution in [0.4, 0.5) is 0 Å². The Morgan fingerprint density at radius 2 is 1.79 bits per heavy atom. The maximum Gasteiger partial charge on any atom is 0.0308 e. The molecule has 19 heavy (non-hydrogen) atoms. The lowest BCUT2D eigenvalue weighted by Crippen LogP contribution is -2.51. The van der Waals surface area contributed by atoms with E-state index >= 15 is 0 Å². The summed E-state index contributed by atoms with van der Waals surface area (Å²) in [6.07, 6.45) is 9.04. The largest absolute Gasteiger partial charge is 0.310 e. The third-order valence-electron chi connectivity index (χ3n) is 7.28. The highest BCUT2D eigenvalue weighted by atomic mass is 15.3. The van der Waals surface area contributed by atoms with E-state index in [-0.39, 0.29) is 0 Å². The van der Waals surface area contributed by atoms with Gasteiger partial charge in [0.2, 0.25) is 0 Å². The molecule has 5 rings (SSSR count). The van der Waals surface area contributed by atoms with E-state index in [0.717, 1.165) is 35.6 Å². The topological polar surface area (TPSA) is 15.3 Å². The molecule has 2 heteroatoms. The van der Waals surface area contributed by atoms with Crippen molar-refractivity contribution in [1.29, 1.82) is 0 Å². The molecule has 5 unspecified atom stereocenters. The summed E-state index contributed by atoms with van der Waals surface area (Å²) >= 11 is 0. The Kier molecular flexibility index (Phi) is 2.29. The standard InChI is InChI=1S/C17H28N2/c1-17(13-5-6-13)10-19(8-2-7-18-17)16-14-11-3-4-12(9-11)15(14)16/h11-16,18H,2-10H2,1H3. The molecule has 5 fully saturated rings. The maximum absolute atomic E-state index is 3.89. The van der Waals surface area contributed by atoms with Gasteiger partial charge in [-0.1, -0.05) is 0 Å². The number of fused-ring (bicyclic) bond motifs is 5. The maximum atomic E-state index is 3.89. The van der Waals surface area contributed by atoms with E-state index in [1.165, 1.54) is 38.9 Å². The molecule has 5 atom stereocenters. The minimum absolute atomic E-state index is 0.437. The summed E-state index contributed by atoms with van der Waals surface area (Å²) < 4.78 is 0. The van der Waals surface area contributed by atoms with Crippen LogP contribution in [0.15, 0.2) is 0 Å². The fourth-order valence-electron chi connectivity index (χ4n) is 6.23. The van der Waals surface area contributed by atoms with E-state index in [2.05, 4.69) is 17.1 Å². The van der Waals surface area contributed by atoms with Crippen molar-refractivity contribution in [2.45, 2.75) is 57.0 Å². The van der Waals surface area contributed by atoms with Gasteiger partial charge >= 0.3 is 0 Å². The summed E-state index contributed by atoms with van der Waals surface area (Å²) in [5.74, 6) is 5.48. The predicted molar refractivity (Wildman–Crippen MR) is 76.9 cm³/mol. The van der Waals surface area contributed by atoms with Crippen LogP contribution in [0.2, 0.25) is 0 Å². The van der Waals surface area contributed by atoms with E-state index in [1.54, 1.807) is 19.3 Å². The second-order valence-corrected chi connectivity index (χ2v) is 8.42. The Morgan fingerprint density at radius 1 is 1.05 bits per heavy atom. The summed E-state index contributed by atoms with van der Waals surface area (Å²) in [6, 6.07) is 1.00. The first kappa shape index (κ1) is 11.6. The first-order chi connectivity index (χ1) is 9.26. The first-order valence-corrected chi connectivity index (χ1v) is 8.75. The third kappa shape index (κ3) is 1.62. The van der Waals surface area contributed by atoms with Crippen molar-refractivity contribution in [3.05, 3.63) is 0 Å². The highest BCUT2D eigenvalue weighted by Crippen LogP contribution is 2.67. The van der Waals surface area contributed by atoms with Crippen molar-refractivity contribution >= 4 is 0 Å². The van der Waals surface area contributed by atoms with Crippen LogP contribution in [0.1, 0.15) is 45.4 Å². The van der Waals surface area contributed by atoms with Gasteiger partial charge < -0.3 is 5.32 Å². The summed E-state index contributed by atoms with van der Waals surface area (Å²) in [7, 11) is 0. The van der Waals surface area contributed by atoms with Gasteiger partial charge in [0.25, 0.3) is 0 Å². The van der Waals surface area contributed by atoms with Crippen LogP contribution in [0.5, 0.6) is 0 Å². The van der Waals surface area contributed by atoms with E-state index in [9.17, 15) is 0 Å². The Hall–Kier alpha value is -0.0800. The van der Waals surface area contributed by atoms with Gasteiger partial charge in [0.1, 0.15) is 0 Å². The van der Waals surface area contributed by atoms with Crippen LogP contribution < -0.4 is 5.32 Å². The van der Waals surface area contributed by atoms with Crippen LogP contribution in [0.3, 0.4) is 0 Å². The molecule has 1 N–H and O–H groups in total. The Bertz CT molecular complexity index is 375. The number of hydrogen-bond acceptors (Lipinski definition) is 2. The second-order valence-electron chi connectivity index (χ2n) is 8.42. The molecule has 0 aromatic rings. The van der Waals surface area contributed by atoms with Gasteiger partial charge in [0.15, 0.2) is 0 Å². The summed E-state index contributed by atoms with van der Waals surface area (Å²) in [5, 5.41) is 3.89. The van der Waals surface area contributed by atoms with Gasteiger partial charge in [0.05, 0.1) is 0 Å². The Balaban J connectivity index is 1.35. The Labute approximate surface area is 117 Å². The van der Waals surface area contributed by atoms with Crippen molar-refractivity contribution in [3.8, 4) is 0 Å². The average Bonchev–Trinajstić information content (AvgIpc) is 3.29. The second kappa shape index (κ2) is 3.76. The van der Waals surface area contributed by atoms with E-state index in [4.69, 9.17) is 0 Å². The van der Waals surface area contributed by atoms with Crippen molar-refractivity contribution in [2.24, 2.45) is 29.6 Å². The quantitative estimate of drug-likeness (QED) is 0.820. The fourth-order valence-corrected chi connectivity index (χ4v) is 6.23. The SMILES string of the molecule is CC1(C2CC2)CN(C2C3C4CCC(C4)C32)CCCN1. The molecule has 1 aliphatic heterocycles. The fraction of sp³-hybridized carbons (Fsp3) is 1.00. The zero-order chi connectivity index (χ0) is 12.6. The van der Waals surface area contributed by atoms with Crippen molar-refractivity contribution < 1.29 is 0 Å². The van der Waals surface area contributed by atoms with Gasteiger partial charge in [-0.3, -0.25) is 4.90 Å². The summed E-state index contributed by atoms with van der Waals surface area (Å²) in [5.41, 5.74) is 0.437. The molecule has 106 valence electrons. The number of nitrogens with one attached hydrogen (secondary N) is 1. The molecule has 0 radical (unpaired) electrons. The molecule has 1 saturated heterocycles. The minimum atomic E-state index is 0.437. The smallest absolute Gasteiger partial charge is 0.0308 e. The predicted octanol–water partition coefficient (Wildman–Crippen LogP) is 2.49. The van der Waals surface area contributed by atoms with Crippen LogP contribution in [0, 0.1) is 29.6 Å². The molecule has 4 saturated carbocycles. The molecule has 0 spiro atoms. The highest BCUT2D eigenvalue weighted by Gasteiger charge is 2.67. The molecule has 2 nitrogen and oxygen atoms in total. The normalized spacial score (nSPS) is 57.0. The lowest BCUT2D eigenvalue weighted by Gasteiger charge is -2.35. The van der Waals surface area contributed by atoms with Crippen molar-refractivity contribution in [3.63, 3.8) is 0 Å². The summed E-state index contributed by atoms with van der Waals surface area (Å²) in [6.45, 7) is 6.47. The summed E-state index contributed by atoms with van der Waals surface area (Å²) in [4.78, 5) is 2.93. The zero-order valence-corrected chi connectivity index (χ0v) is 12.3.